The van der Waals surface area contributed by atoms with Crippen LogP contribution in [0.1, 0.15) is 22.5 Å². The van der Waals surface area contributed by atoms with E-state index < -0.39 is 0 Å². The molecule has 0 spiro atoms. The number of amides is 1. The molecule has 0 aromatic carbocycles. The third-order valence-electron chi connectivity index (χ3n) is 2.99. The average Bonchev–Trinajstić information content (AvgIpc) is 3.07. The molecule has 7 heteroatoms. The van der Waals surface area contributed by atoms with Crippen LogP contribution in [0.3, 0.4) is 0 Å². The van der Waals surface area contributed by atoms with Crippen LogP contribution in [0.15, 0.2) is 12.7 Å². The minimum Gasteiger partial charge on any atom is -0.382 e. The molecule has 20 heavy (non-hydrogen) atoms. The summed E-state index contributed by atoms with van der Waals surface area (Å²) in [6.45, 7) is 6.30. The molecular weight excluding hydrogens is 292 g/mol. The molecule has 0 aliphatic carbocycles. The molecule has 2 heterocycles. The second-order valence-electron chi connectivity index (χ2n) is 4.52. The van der Waals surface area contributed by atoms with Crippen molar-refractivity contribution in [3.63, 3.8) is 0 Å². The number of hydrogen-bond acceptors (Lipinski definition) is 6. The maximum absolute atomic E-state index is 12.1. The zero-order valence-electron chi connectivity index (χ0n) is 11.4. The van der Waals surface area contributed by atoms with Crippen molar-refractivity contribution in [1.82, 2.24) is 10.3 Å². The van der Waals surface area contributed by atoms with Crippen molar-refractivity contribution in [2.24, 2.45) is 0 Å². The highest BCUT2D eigenvalue weighted by atomic mass is 32.2. The molecule has 1 fully saturated rings. The van der Waals surface area contributed by atoms with Crippen LogP contribution in [-0.4, -0.2) is 42.0 Å². The summed E-state index contributed by atoms with van der Waals surface area (Å²) in [6.07, 6.45) is 4.22. The number of nitrogens with zero attached hydrogens (tertiary/aromatic N) is 2. The Hall–Kier alpha value is -1.21. The Kier molecular flexibility index (Phi) is 5.72. The van der Waals surface area contributed by atoms with E-state index in [1.165, 1.54) is 24.2 Å². The Morgan fingerprint density at radius 1 is 1.55 bits per heavy atom. The molecular formula is C13H20N4OS2. The van der Waals surface area contributed by atoms with Gasteiger partial charge in [0.2, 0.25) is 0 Å². The smallest absolute Gasteiger partial charge is 0.265 e. The number of hydrogen-bond donors (Lipinski definition) is 2. The molecule has 110 valence electrons. The lowest BCUT2D eigenvalue weighted by Crippen LogP contribution is -2.25. The predicted octanol–water partition coefficient (Wildman–Crippen LogP) is 1.97. The van der Waals surface area contributed by atoms with E-state index in [4.69, 9.17) is 5.73 Å². The largest absolute Gasteiger partial charge is 0.382 e. The van der Waals surface area contributed by atoms with Crippen molar-refractivity contribution in [1.29, 1.82) is 0 Å². The summed E-state index contributed by atoms with van der Waals surface area (Å²) in [7, 11) is 0. The maximum Gasteiger partial charge on any atom is 0.265 e. The van der Waals surface area contributed by atoms with Crippen LogP contribution in [0.2, 0.25) is 0 Å². The number of aromatic nitrogens is 1. The molecule has 1 saturated heterocycles. The number of thiazole rings is 1. The van der Waals surface area contributed by atoms with Gasteiger partial charge in [-0.3, -0.25) is 4.79 Å². The van der Waals surface area contributed by atoms with Crippen molar-refractivity contribution in [2.45, 2.75) is 12.8 Å². The third-order valence-corrected chi connectivity index (χ3v) is 5.09. The predicted molar refractivity (Wildman–Crippen MR) is 87.8 cm³/mol. The summed E-state index contributed by atoms with van der Waals surface area (Å²) >= 11 is 3.12. The summed E-state index contributed by atoms with van der Waals surface area (Å²) in [5, 5.41) is 3.75. The monoisotopic (exact) mass is 312 g/mol. The van der Waals surface area contributed by atoms with Gasteiger partial charge in [0.05, 0.1) is 0 Å². The summed E-state index contributed by atoms with van der Waals surface area (Å²) in [6, 6.07) is 0. The Morgan fingerprint density at radius 2 is 2.30 bits per heavy atom. The van der Waals surface area contributed by atoms with Gasteiger partial charge in [0.1, 0.15) is 10.7 Å². The topological polar surface area (TPSA) is 71.2 Å². The zero-order valence-corrected chi connectivity index (χ0v) is 13.1. The molecule has 0 radical (unpaired) electrons. The quantitative estimate of drug-likeness (QED) is 0.595. The first-order valence-electron chi connectivity index (χ1n) is 6.70. The molecule has 1 aromatic heterocycles. The highest BCUT2D eigenvalue weighted by Gasteiger charge is 2.21. The number of nitrogen functional groups attached to an aromatic ring is 1. The van der Waals surface area contributed by atoms with Crippen LogP contribution < -0.4 is 16.0 Å². The SMILES string of the molecule is C=CCSCCNC(=O)c1sc(N2CCCC2)nc1N. The first kappa shape index (κ1) is 15.2. The number of carbonyl (C=O) groups excluding carboxylic acids is 1. The maximum atomic E-state index is 12.1. The van der Waals surface area contributed by atoms with Gasteiger partial charge in [-0.15, -0.1) is 6.58 Å². The normalized spacial score (nSPS) is 14.5. The number of nitrogens with two attached hydrogens (primary N) is 1. The first-order chi connectivity index (χ1) is 9.72. The van der Waals surface area contributed by atoms with E-state index >= 15 is 0 Å². The van der Waals surface area contributed by atoms with E-state index in [9.17, 15) is 4.79 Å². The molecule has 0 saturated carbocycles. The fourth-order valence-electron chi connectivity index (χ4n) is 2.01. The zero-order chi connectivity index (χ0) is 14.4. The van der Waals surface area contributed by atoms with Crippen LogP contribution in [0.5, 0.6) is 0 Å². The Bertz CT molecular complexity index is 469. The highest BCUT2D eigenvalue weighted by Crippen LogP contribution is 2.30. The number of nitrogens with one attached hydrogen (secondary N) is 1. The van der Waals surface area contributed by atoms with E-state index in [1.54, 1.807) is 11.8 Å². The minimum absolute atomic E-state index is 0.121. The van der Waals surface area contributed by atoms with Gasteiger partial charge in [-0.25, -0.2) is 4.98 Å². The lowest BCUT2D eigenvalue weighted by Gasteiger charge is -2.11. The van der Waals surface area contributed by atoms with Gasteiger partial charge in [-0.1, -0.05) is 17.4 Å². The standard InChI is InChI=1S/C13H20N4OS2/c1-2-8-19-9-5-15-12(18)10-11(14)16-13(20-10)17-6-3-4-7-17/h2H,1,3-9,14H2,(H,15,18). The Balaban J connectivity index is 1.87. The van der Waals surface area contributed by atoms with Crippen molar-refractivity contribution in [3.05, 3.63) is 17.5 Å². The van der Waals surface area contributed by atoms with E-state index in [0.717, 1.165) is 29.7 Å². The lowest BCUT2D eigenvalue weighted by atomic mass is 10.4. The molecule has 0 atom stereocenters. The number of anilines is 2. The summed E-state index contributed by atoms with van der Waals surface area (Å²) in [5.74, 6) is 1.99. The van der Waals surface area contributed by atoms with Crippen LogP contribution in [0, 0.1) is 0 Å². The molecule has 2 rings (SSSR count). The average molecular weight is 312 g/mol. The van der Waals surface area contributed by atoms with Gasteiger partial charge >= 0.3 is 0 Å². The molecule has 1 aliphatic rings. The Morgan fingerprint density at radius 3 is 3.00 bits per heavy atom. The van der Waals surface area contributed by atoms with Crippen molar-refractivity contribution < 1.29 is 4.79 Å². The van der Waals surface area contributed by atoms with Gasteiger partial charge in [0, 0.05) is 31.1 Å². The summed E-state index contributed by atoms with van der Waals surface area (Å²) in [5.41, 5.74) is 5.86. The van der Waals surface area contributed by atoms with Crippen LogP contribution in [0.4, 0.5) is 10.9 Å². The van der Waals surface area contributed by atoms with Gasteiger partial charge in [0.15, 0.2) is 5.13 Å². The molecule has 0 unspecified atom stereocenters. The minimum atomic E-state index is -0.121. The first-order valence-corrected chi connectivity index (χ1v) is 8.67. The van der Waals surface area contributed by atoms with Crippen LogP contribution in [0.25, 0.3) is 0 Å². The number of rotatable bonds is 7. The molecule has 3 N–H and O–H groups in total. The molecule has 1 aliphatic heterocycles. The molecule has 5 nitrogen and oxygen atoms in total. The van der Waals surface area contributed by atoms with Crippen molar-refractivity contribution >= 4 is 40.0 Å². The summed E-state index contributed by atoms with van der Waals surface area (Å²) in [4.78, 5) is 19.1. The fourth-order valence-corrected chi connectivity index (χ4v) is 3.54. The van der Waals surface area contributed by atoms with Crippen LogP contribution >= 0.6 is 23.1 Å². The van der Waals surface area contributed by atoms with Crippen molar-refractivity contribution in [3.8, 4) is 0 Å². The van der Waals surface area contributed by atoms with Crippen molar-refractivity contribution in [2.75, 3.05) is 41.8 Å². The fraction of sp³-hybridized carbons (Fsp3) is 0.538. The van der Waals surface area contributed by atoms with E-state index in [1.807, 2.05) is 6.08 Å². The van der Waals surface area contributed by atoms with Gasteiger partial charge in [-0.05, 0) is 12.8 Å². The number of carbonyl (C=O) groups is 1. The Labute approximate surface area is 127 Å². The molecule has 1 aromatic rings. The second kappa shape index (κ2) is 7.54. The molecule has 1 amide bonds. The second-order valence-corrected chi connectivity index (χ2v) is 6.65. The summed E-state index contributed by atoms with van der Waals surface area (Å²) < 4.78 is 0. The number of thioether (sulfide) groups is 1. The van der Waals surface area contributed by atoms with Gasteiger partial charge < -0.3 is 16.0 Å². The van der Waals surface area contributed by atoms with E-state index in [2.05, 4.69) is 21.8 Å². The van der Waals surface area contributed by atoms with Gasteiger partial charge in [0.25, 0.3) is 5.91 Å². The van der Waals surface area contributed by atoms with E-state index in [-0.39, 0.29) is 5.91 Å². The third kappa shape index (κ3) is 3.89. The van der Waals surface area contributed by atoms with Gasteiger partial charge in [-0.2, -0.15) is 11.8 Å². The highest BCUT2D eigenvalue weighted by molar-refractivity contribution is 7.99. The van der Waals surface area contributed by atoms with Crippen LogP contribution in [-0.2, 0) is 0 Å². The van der Waals surface area contributed by atoms with E-state index in [0.29, 0.717) is 17.2 Å². The lowest BCUT2D eigenvalue weighted by molar-refractivity contribution is 0.0961. The molecule has 0 bridgehead atoms.